The van der Waals surface area contributed by atoms with Gasteiger partial charge >= 0.3 is 0 Å². The summed E-state index contributed by atoms with van der Waals surface area (Å²) in [7, 11) is 2.21. The van der Waals surface area contributed by atoms with Crippen molar-refractivity contribution < 1.29 is 4.74 Å². The van der Waals surface area contributed by atoms with Gasteiger partial charge in [0.2, 0.25) is 0 Å². The Morgan fingerprint density at radius 3 is 2.67 bits per heavy atom. The molecule has 0 unspecified atom stereocenters. The lowest BCUT2D eigenvalue weighted by molar-refractivity contribution is 0.122. The summed E-state index contributed by atoms with van der Waals surface area (Å²) in [6.07, 6.45) is 6.35. The average Bonchev–Trinajstić information content (AvgIpc) is 3.26. The van der Waals surface area contributed by atoms with Crippen molar-refractivity contribution >= 4 is 45.1 Å². The van der Waals surface area contributed by atoms with Gasteiger partial charge in [0.05, 0.1) is 23.4 Å². The number of anilines is 2. The number of nitrogen functional groups attached to an aromatic ring is 1. The first-order valence-electron chi connectivity index (χ1n) is 11.4. The topological polar surface area (TPSA) is 83.6 Å². The van der Waals surface area contributed by atoms with E-state index in [1.165, 1.54) is 17.7 Å². The van der Waals surface area contributed by atoms with E-state index in [0.717, 1.165) is 67.5 Å². The van der Waals surface area contributed by atoms with Crippen molar-refractivity contribution in [3.63, 3.8) is 0 Å². The molecule has 0 aliphatic carbocycles. The summed E-state index contributed by atoms with van der Waals surface area (Å²) < 4.78 is 9.14. The van der Waals surface area contributed by atoms with Crippen molar-refractivity contribution in [2.24, 2.45) is 0 Å². The van der Waals surface area contributed by atoms with Crippen LogP contribution in [0, 0.1) is 0 Å². The molecule has 5 heterocycles. The van der Waals surface area contributed by atoms with Crippen molar-refractivity contribution in [2.45, 2.75) is 25.4 Å². The number of ether oxygens (including phenoxy) is 1. The fraction of sp³-hybridized carbons (Fsp3) is 0.522. The zero-order valence-corrected chi connectivity index (χ0v) is 20.9. The number of pyridine rings is 1. The summed E-state index contributed by atoms with van der Waals surface area (Å²) in [4.78, 5) is 20.4. The van der Waals surface area contributed by atoms with Gasteiger partial charge in [-0.1, -0.05) is 11.9 Å². The number of hydrogen-bond acceptors (Lipinski definition) is 10. The van der Waals surface area contributed by atoms with E-state index >= 15 is 0 Å². The number of morpholine rings is 1. The summed E-state index contributed by atoms with van der Waals surface area (Å²) in [6, 6.07) is 6.66. The minimum atomic E-state index is 0.499. The molecular formula is C23H31N7OS2. The van der Waals surface area contributed by atoms with Crippen LogP contribution in [0.15, 0.2) is 24.4 Å². The Kier molecular flexibility index (Phi) is 6.98. The van der Waals surface area contributed by atoms with Crippen LogP contribution >= 0.6 is 23.3 Å². The number of thiophene rings is 1. The van der Waals surface area contributed by atoms with E-state index in [2.05, 4.69) is 38.5 Å². The summed E-state index contributed by atoms with van der Waals surface area (Å²) in [5.41, 5.74) is 7.68. The molecule has 33 heavy (non-hydrogen) atoms. The maximum Gasteiger partial charge on any atom is 0.163 e. The Bertz CT molecular complexity index is 1080. The molecule has 0 bridgehead atoms. The van der Waals surface area contributed by atoms with Crippen LogP contribution in [0.25, 0.3) is 21.6 Å². The maximum absolute atomic E-state index is 5.79. The number of piperidine rings is 1. The first-order chi connectivity index (χ1) is 16.1. The van der Waals surface area contributed by atoms with Crippen molar-refractivity contribution in [3.8, 4) is 11.4 Å². The molecular weight excluding hydrogens is 454 g/mol. The van der Waals surface area contributed by atoms with Gasteiger partial charge in [0, 0.05) is 55.4 Å². The van der Waals surface area contributed by atoms with Crippen molar-refractivity contribution in [2.75, 3.05) is 63.3 Å². The fourth-order valence-electron chi connectivity index (χ4n) is 4.51. The van der Waals surface area contributed by atoms with E-state index in [0.29, 0.717) is 17.7 Å². The minimum Gasteiger partial charge on any atom is -0.384 e. The lowest BCUT2D eigenvalue weighted by Gasteiger charge is -2.35. The lowest BCUT2D eigenvalue weighted by Crippen LogP contribution is -2.40. The number of fused-ring (bicyclic) bond motifs is 1. The highest BCUT2D eigenvalue weighted by Gasteiger charge is 2.24. The number of rotatable bonds is 6. The van der Waals surface area contributed by atoms with Gasteiger partial charge in [-0.25, -0.2) is 15.0 Å². The minimum absolute atomic E-state index is 0.499. The Morgan fingerprint density at radius 1 is 1.18 bits per heavy atom. The molecule has 0 radical (unpaired) electrons. The molecule has 2 saturated heterocycles. The zero-order valence-electron chi connectivity index (χ0n) is 19.2. The third-order valence-electron chi connectivity index (χ3n) is 6.50. The maximum atomic E-state index is 5.79. The van der Waals surface area contributed by atoms with E-state index in [-0.39, 0.29) is 0 Å². The van der Waals surface area contributed by atoms with Gasteiger partial charge in [-0.05, 0) is 44.3 Å². The number of hydrogen-bond donors (Lipinski definition) is 1. The summed E-state index contributed by atoms with van der Waals surface area (Å²) >= 11 is 3.66. The largest absolute Gasteiger partial charge is 0.384 e. The highest BCUT2D eigenvalue weighted by Crippen LogP contribution is 2.35. The second kappa shape index (κ2) is 10.1. The molecule has 176 valence electrons. The van der Waals surface area contributed by atoms with Crippen LogP contribution < -0.4 is 10.6 Å². The molecule has 2 aliphatic heterocycles. The Hall–Kier alpha value is -1.98. The Morgan fingerprint density at radius 2 is 1.97 bits per heavy atom. The van der Waals surface area contributed by atoms with E-state index < -0.39 is 0 Å². The monoisotopic (exact) mass is 485 g/mol. The normalized spacial score (nSPS) is 18.5. The van der Waals surface area contributed by atoms with Gasteiger partial charge in [0.1, 0.15) is 5.82 Å². The van der Waals surface area contributed by atoms with E-state index in [1.54, 1.807) is 12.3 Å². The SMILES string of the molecule is CSN(C)C1CCN(Cc2cc3nc(-c4ccc(N)nc4)nc(N4CCOCC4)c3s2)CC1. The van der Waals surface area contributed by atoms with E-state index in [9.17, 15) is 0 Å². The predicted octanol–water partition coefficient (Wildman–Crippen LogP) is 3.35. The number of aromatic nitrogens is 3. The lowest BCUT2D eigenvalue weighted by atomic mass is 10.1. The van der Waals surface area contributed by atoms with Crippen molar-refractivity contribution in [3.05, 3.63) is 29.3 Å². The molecule has 2 N–H and O–H groups in total. The van der Waals surface area contributed by atoms with Gasteiger partial charge in [-0.2, -0.15) is 0 Å². The van der Waals surface area contributed by atoms with Crippen LogP contribution in [0.2, 0.25) is 0 Å². The highest BCUT2D eigenvalue weighted by molar-refractivity contribution is 7.96. The highest BCUT2D eigenvalue weighted by atomic mass is 32.2. The quantitative estimate of drug-likeness (QED) is 0.529. The third-order valence-corrected chi connectivity index (χ3v) is 8.48. The van der Waals surface area contributed by atoms with Gasteiger partial charge in [0.15, 0.2) is 11.6 Å². The molecule has 0 spiro atoms. The molecule has 2 fully saturated rings. The molecule has 0 aromatic carbocycles. The van der Waals surface area contributed by atoms with E-state index in [4.69, 9.17) is 20.4 Å². The van der Waals surface area contributed by atoms with Crippen LogP contribution in [-0.4, -0.2) is 82.9 Å². The van der Waals surface area contributed by atoms with Gasteiger partial charge in [-0.3, -0.25) is 9.21 Å². The number of likely N-dealkylation sites (tertiary alicyclic amines) is 1. The molecule has 10 heteroatoms. The van der Waals surface area contributed by atoms with Crippen LogP contribution in [0.3, 0.4) is 0 Å². The average molecular weight is 486 g/mol. The first-order valence-corrected chi connectivity index (χ1v) is 13.4. The number of nitrogens with zero attached hydrogens (tertiary/aromatic N) is 6. The van der Waals surface area contributed by atoms with Crippen LogP contribution in [0.4, 0.5) is 11.6 Å². The van der Waals surface area contributed by atoms with Crippen LogP contribution in [0.1, 0.15) is 17.7 Å². The third kappa shape index (κ3) is 5.09. The van der Waals surface area contributed by atoms with Crippen LogP contribution in [0.5, 0.6) is 0 Å². The second-order valence-electron chi connectivity index (χ2n) is 8.61. The molecule has 0 atom stereocenters. The predicted molar refractivity (Wildman–Crippen MR) is 138 cm³/mol. The molecule has 0 amide bonds. The molecule has 5 rings (SSSR count). The fourth-order valence-corrected chi connectivity index (χ4v) is 6.17. The van der Waals surface area contributed by atoms with E-state index in [1.807, 2.05) is 29.4 Å². The van der Waals surface area contributed by atoms with Gasteiger partial charge in [-0.15, -0.1) is 11.3 Å². The first kappa shape index (κ1) is 22.8. The molecule has 0 saturated carbocycles. The van der Waals surface area contributed by atoms with Crippen LogP contribution in [-0.2, 0) is 11.3 Å². The Balaban J connectivity index is 1.42. The van der Waals surface area contributed by atoms with Gasteiger partial charge < -0.3 is 15.4 Å². The van der Waals surface area contributed by atoms with Crippen molar-refractivity contribution in [1.82, 2.24) is 24.2 Å². The summed E-state index contributed by atoms with van der Waals surface area (Å²) in [5, 5.41) is 0. The van der Waals surface area contributed by atoms with Crippen molar-refractivity contribution in [1.29, 1.82) is 0 Å². The second-order valence-corrected chi connectivity index (χ2v) is 10.7. The smallest absolute Gasteiger partial charge is 0.163 e. The molecule has 3 aromatic heterocycles. The molecule has 2 aliphatic rings. The van der Waals surface area contributed by atoms with Gasteiger partial charge in [0.25, 0.3) is 0 Å². The Labute approximate surface area is 203 Å². The summed E-state index contributed by atoms with van der Waals surface area (Å²) in [6.45, 7) is 6.37. The molecule has 3 aromatic rings. The molecule has 8 nitrogen and oxygen atoms in total. The zero-order chi connectivity index (χ0) is 22.8. The summed E-state index contributed by atoms with van der Waals surface area (Å²) in [5.74, 6) is 2.20. The number of nitrogens with two attached hydrogens (primary N) is 1. The standard InChI is InChI=1S/C23H31N7OS2/c1-28(32-2)17-5-7-29(8-6-17)15-18-13-19-21(33-18)23(30-9-11-31-12-10-30)27-22(26-19)16-3-4-20(24)25-14-16/h3-4,13-14,17H,5-12,15H2,1-2H3,(H2,24,25).